The number of halogens is 2. The number of anilines is 1. The monoisotopic (exact) mass is 542 g/mol. The first kappa shape index (κ1) is 25.5. The van der Waals surface area contributed by atoms with E-state index in [-0.39, 0.29) is 18.4 Å². The fraction of sp³-hybridized carbons (Fsp3) is 0.167. The minimum Gasteiger partial charge on any atom is -0.346 e. The Kier molecular flexibility index (Phi) is 7.78. The van der Waals surface area contributed by atoms with Gasteiger partial charge in [-0.2, -0.15) is 15.2 Å². The lowest BCUT2D eigenvalue weighted by atomic mass is 9.99. The summed E-state index contributed by atoms with van der Waals surface area (Å²) in [5.74, 6) is -1.87. The molecule has 0 spiro atoms. The van der Waals surface area contributed by atoms with Crippen molar-refractivity contribution in [2.75, 3.05) is 5.01 Å². The second kappa shape index (κ2) is 11.0. The van der Waals surface area contributed by atoms with Gasteiger partial charge in [0.25, 0.3) is 17.7 Å². The van der Waals surface area contributed by atoms with Crippen LogP contribution in [0.2, 0.25) is 10.0 Å². The van der Waals surface area contributed by atoms with E-state index < -0.39 is 11.8 Å². The lowest BCUT2D eigenvalue weighted by molar-refractivity contribution is -0.118. The van der Waals surface area contributed by atoms with E-state index in [2.05, 4.69) is 25.9 Å². The van der Waals surface area contributed by atoms with Gasteiger partial charge in [0.2, 0.25) is 0 Å². The van der Waals surface area contributed by atoms with Gasteiger partial charge in [-0.05, 0) is 56.3 Å². The third-order valence-electron chi connectivity index (χ3n) is 5.24. The van der Waals surface area contributed by atoms with Gasteiger partial charge in [-0.25, -0.2) is 5.43 Å². The zero-order valence-corrected chi connectivity index (χ0v) is 21.5. The highest BCUT2D eigenvalue weighted by Crippen LogP contribution is 2.30. The third-order valence-corrected chi connectivity index (χ3v) is 7.06. The fourth-order valence-electron chi connectivity index (χ4n) is 3.45. The van der Waals surface area contributed by atoms with E-state index >= 15 is 0 Å². The van der Waals surface area contributed by atoms with Crippen LogP contribution in [-0.4, -0.2) is 34.1 Å². The molecule has 0 radical (unpaired) electrons. The number of benzene rings is 1. The summed E-state index contributed by atoms with van der Waals surface area (Å²) < 4.78 is 0. The minimum absolute atomic E-state index is 0.276. The first-order valence-electron chi connectivity index (χ1n) is 10.7. The quantitative estimate of drug-likeness (QED) is 0.337. The van der Waals surface area contributed by atoms with E-state index in [1.54, 1.807) is 62.5 Å². The van der Waals surface area contributed by atoms with Crippen LogP contribution in [0, 0.1) is 5.92 Å². The zero-order valence-electron chi connectivity index (χ0n) is 19.2. The molecular weight excluding hydrogens is 523 g/mol. The number of amides is 3. The van der Waals surface area contributed by atoms with Crippen molar-refractivity contribution in [2.24, 2.45) is 16.1 Å². The maximum Gasteiger partial charge on any atom is 0.281 e. The van der Waals surface area contributed by atoms with Crippen LogP contribution < -0.4 is 15.8 Å². The molecule has 184 valence electrons. The van der Waals surface area contributed by atoms with Crippen LogP contribution in [0.1, 0.15) is 38.9 Å². The number of hydrazone groups is 2. The summed E-state index contributed by atoms with van der Waals surface area (Å²) in [6, 6.07) is 13.3. The number of carbonyl (C=O) groups excluding carboxylic acids is 3. The van der Waals surface area contributed by atoms with Crippen molar-refractivity contribution in [1.82, 2.24) is 15.7 Å². The Hall–Kier alpha value is -3.60. The Morgan fingerprint density at radius 3 is 2.53 bits per heavy atom. The molecule has 3 amide bonds. The fourth-order valence-corrected chi connectivity index (χ4v) is 4.55. The lowest BCUT2D eigenvalue weighted by Crippen LogP contribution is -2.33. The molecule has 2 N–H and O–H groups in total. The number of pyridine rings is 1. The number of thiophene rings is 1. The number of carbonyl (C=O) groups is 3. The number of nitrogens with one attached hydrogen (secondary N) is 2. The Labute approximate surface area is 220 Å². The number of hydrogen-bond acceptors (Lipinski definition) is 7. The van der Waals surface area contributed by atoms with E-state index in [4.69, 9.17) is 23.2 Å². The van der Waals surface area contributed by atoms with E-state index in [0.717, 1.165) is 17.0 Å². The van der Waals surface area contributed by atoms with Crippen molar-refractivity contribution >= 4 is 69.4 Å². The van der Waals surface area contributed by atoms with Crippen LogP contribution in [-0.2, 0) is 11.3 Å². The van der Waals surface area contributed by atoms with Gasteiger partial charge in [0, 0.05) is 6.20 Å². The van der Waals surface area contributed by atoms with E-state index in [1.807, 2.05) is 6.07 Å². The molecule has 1 atom stereocenters. The van der Waals surface area contributed by atoms with Crippen LogP contribution in [0.5, 0.6) is 0 Å². The average molecular weight is 543 g/mol. The van der Waals surface area contributed by atoms with Gasteiger partial charge in [-0.3, -0.25) is 19.4 Å². The van der Waals surface area contributed by atoms with E-state index in [0.29, 0.717) is 36.9 Å². The molecule has 1 aliphatic heterocycles. The van der Waals surface area contributed by atoms with E-state index in [9.17, 15) is 14.4 Å². The summed E-state index contributed by atoms with van der Waals surface area (Å²) in [6.07, 6.45) is 1.65. The molecule has 3 heterocycles. The largest absolute Gasteiger partial charge is 0.346 e. The van der Waals surface area contributed by atoms with Crippen molar-refractivity contribution in [3.05, 3.63) is 80.2 Å². The molecule has 1 aliphatic rings. The first-order chi connectivity index (χ1) is 17.2. The third kappa shape index (κ3) is 5.62. The van der Waals surface area contributed by atoms with Crippen LogP contribution in [0.4, 0.5) is 5.69 Å². The smallest absolute Gasteiger partial charge is 0.281 e. The highest BCUT2D eigenvalue weighted by Gasteiger charge is 2.36. The molecule has 3 aromatic rings. The van der Waals surface area contributed by atoms with Gasteiger partial charge >= 0.3 is 0 Å². The number of aromatic nitrogens is 1. The molecule has 1 aromatic carbocycles. The molecule has 36 heavy (non-hydrogen) atoms. The maximum atomic E-state index is 13.0. The predicted octanol–water partition coefficient (Wildman–Crippen LogP) is 4.52. The number of nitrogens with zero attached hydrogens (tertiary/aromatic N) is 4. The molecular formula is C24H20Cl2N6O3S. The number of rotatable bonds is 7. The normalized spacial score (nSPS) is 15.6. The summed E-state index contributed by atoms with van der Waals surface area (Å²) >= 11 is 13.1. The molecule has 0 saturated heterocycles. The highest BCUT2D eigenvalue weighted by atomic mass is 35.5. The van der Waals surface area contributed by atoms with Gasteiger partial charge in [-0.1, -0.05) is 29.3 Å². The summed E-state index contributed by atoms with van der Waals surface area (Å²) in [6.45, 7) is 3.61. The van der Waals surface area contributed by atoms with E-state index in [1.165, 1.54) is 5.01 Å². The van der Waals surface area contributed by atoms with Crippen LogP contribution >= 0.6 is 34.5 Å². The Bertz CT molecular complexity index is 1390. The average Bonchev–Trinajstić information content (AvgIpc) is 3.48. The van der Waals surface area contributed by atoms with Gasteiger partial charge in [0.1, 0.15) is 5.92 Å². The Morgan fingerprint density at radius 2 is 1.83 bits per heavy atom. The maximum absolute atomic E-state index is 13.0. The first-order valence-corrected chi connectivity index (χ1v) is 12.3. The Morgan fingerprint density at radius 1 is 1.08 bits per heavy atom. The molecule has 1 unspecified atom stereocenters. The molecule has 0 saturated carbocycles. The zero-order chi connectivity index (χ0) is 25.8. The van der Waals surface area contributed by atoms with Crippen molar-refractivity contribution in [3.63, 3.8) is 0 Å². The molecule has 0 aliphatic carbocycles. The van der Waals surface area contributed by atoms with Crippen molar-refractivity contribution < 1.29 is 14.4 Å². The minimum atomic E-state index is -0.740. The topological polar surface area (TPSA) is 116 Å². The Balaban J connectivity index is 1.38. The predicted molar refractivity (Wildman–Crippen MR) is 141 cm³/mol. The molecule has 0 fully saturated rings. The summed E-state index contributed by atoms with van der Waals surface area (Å²) in [5, 5.41) is 13.1. The number of hydrogen-bond donors (Lipinski definition) is 2. The lowest BCUT2D eigenvalue weighted by Gasteiger charge is -2.15. The molecule has 0 bridgehead atoms. The second-order valence-corrected chi connectivity index (χ2v) is 9.68. The van der Waals surface area contributed by atoms with Crippen molar-refractivity contribution in [3.8, 4) is 0 Å². The summed E-state index contributed by atoms with van der Waals surface area (Å²) in [7, 11) is 0. The summed E-state index contributed by atoms with van der Waals surface area (Å²) in [4.78, 5) is 42.8. The van der Waals surface area contributed by atoms with Crippen LogP contribution in [0.3, 0.4) is 0 Å². The standard InChI is InChI=1S/C24H20Cl2N6O3S/c1-13(21-14(2)31-32(24(21)35)16-6-7-17(25)18(26)11-16)29-30-23(34)20-9-8-19(36-20)22(33)28-12-15-5-3-4-10-27-15/h3-11,21H,12H2,1-2H3,(H,28,33)(H,30,34)/b29-13+. The molecule has 4 rings (SSSR count). The van der Waals surface area contributed by atoms with Gasteiger partial charge in [-0.15, -0.1) is 11.3 Å². The molecule has 2 aromatic heterocycles. The van der Waals surface area contributed by atoms with Crippen molar-refractivity contribution in [1.29, 1.82) is 0 Å². The summed E-state index contributed by atoms with van der Waals surface area (Å²) in [5.41, 5.74) is 4.53. The second-order valence-electron chi connectivity index (χ2n) is 7.78. The molecule has 12 heteroatoms. The van der Waals surface area contributed by atoms with Crippen molar-refractivity contribution in [2.45, 2.75) is 20.4 Å². The van der Waals surface area contributed by atoms with Gasteiger partial charge in [0.05, 0.1) is 49.1 Å². The van der Waals surface area contributed by atoms with Gasteiger partial charge < -0.3 is 5.32 Å². The van der Waals surface area contributed by atoms with Gasteiger partial charge in [0.15, 0.2) is 0 Å². The highest BCUT2D eigenvalue weighted by molar-refractivity contribution is 7.15. The molecule has 9 nitrogen and oxygen atoms in total. The van der Waals surface area contributed by atoms with Crippen LogP contribution in [0.15, 0.2) is 64.9 Å². The SMILES string of the molecule is CC1=NN(c2ccc(Cl)c(Cl)c2)C(=O)C1/C(C)=N/NC(=O)c1ccc(C(=O)NCc2ccccn2)s1. The van der Waals surface area contributed by atoms with Crippen LogP contribution in [0.25, 0.3) is 0 Å².